The Kier molecular flexibility index (Phi) is 4.23. The molecule has 1 aromatic heterocycles. The monoisotopic (exact) mass is 339 g/mol. The summed E-state index contributed by atoms with van der Waals surface area (Å²) < 4.78 is 0.933. The molecule has 3 heterocycles. The molecule has 5 nitrogen and oxygen atoms in total. The van der Waals surface area contributed by atoms with Crippen LogP contribution >= 0.6 is 15.9 Å². The number of piperazine rings is 1. The van der Waals surface area contributed by atoms with Gasteiger partial charge in [0.05, 0.1) is 4.47 Å². The van der Waals surface area contributed by atoms with Gasteiger partial charge in [-0.25, -0.2) is 9.97 Å². The summed E-state index contributed by atoms with van der Waals surface area (Å²) in [5.41, 5.74) is 0. The Morgan fingerprint density at radius 2 is 1.70 bits per heavy atom. The van der Waals surface area contributed by atoms with Gasteiger partial charge in [-0.05, 0) is 29.8 Å². The molecule has 0 spiro atoms. The molecule has 0 saturated carbocycles. The number of anilines is 1. The zero-order valence-electron chi connectivity index (χ0n) is 12.2. The molecule has 1 aromatic rings. The Bertz CT molecular complexity index is 435. The molecule has 0 N–H and O–H groups in total. The number of halogens is 1. The van der Waals surface area contributed by atoms with Crippen LogP contribution in [0.4, 0.5) is 5.95 Å². The number of rotatable bonds is 3. The van der Waals surface area contributed by atoms with Crippen LogP contribution in [0.5, 0.6) is 0 Å². The highest BCUT2D eigenvalue weighted by Gasteiger charge is 2.34. The molecule has 2 saturated heterocycles. The van der Waals surface area contributed by atoms with Crippen LogP contribution in [0.1, 0.15) is 13.8 Å². The summed E-state index contributed by atoms with van der Waals surface area (Å²) in [6, 6.07) is 1.35. The fraction of sp³-hybridized carbons (Fsp3) is 0.714. The van der Waals surface area contributed by atoms with E-state index in [1.807, 2.05) is 12.4 Å². The number of nitrogens with zero attached hydrogens (tertiary/aromatic N) is 5. The van der Waals surface area contributed by atoms with Crippen molar-refractivity contribution < 1.29 is 0 Å². The number of hydrogen-bond acceptors (Lipinski definition) is 5. The van der Waals surface area contributed by atoms with E-state index in [0.717, 1.165) is 23.5 Å². The maximum Gasteiger partial charge on any atom is 0.225 e. The first-order chi connectivity index (χ1) is 9.63. The van der Waals surface area contributed by atoms with Gasteiger partial charge in [0, 0.05) is 63.7 Å². The van der Waals surface area contributed by atoms with Gasteiger partial charge >= 0.3 is 0 Å². The third-order valence-electron chi connectivity index (χ3n) is 4.35. The summed E-state index contributed by atoms with van der Waals surface area (Å²) in [6.07, 6.45) is 3.63. The summed E-state index contributed by atoms with van der Waals surface area (Å²) in [4.78, 5) is 16.1. The van der Waals surface area contributed by atoms with E-state index in [-0.39, 0.29) is 0 Å². The van der Waals surface area contributed by atoms with E-state index in [9.17, 15) is 0 Å². The van der Waals surface area contributed by atoms with E-state index in [2.05, 4.69) is 54.4 Å². The molecule has 0 radical (unpaired) electrons. The molecule has 6 heteroatoms. The van der Waals surface area contributed by atoms with Crippen LogP contribution in [0, 0.1) is 0 Å². The standard InChI is InChI=1S/C14H22BrN5/c1-11(2)18-3-5-19(6-4-18)13-9-20(10-13)14-16-7-12(15)8-17-14/h7-8,11,13H,3-6,9-10H2,1-2H3. The predicted octanol–water partition coefficient (Wildman–Crippen LogP) is 1.45. The zero-order chi connectivity index (χ0) is 14.1. The fourth-order valence-corrected chi connectivity index (χ4v) is 3.14. The second kappa shape index (κ2) is 5.95. The lowest BCUT2D eigenvalue weighted by molar-refractivity contribution is 0.0674. The molecule has 2 fully saturated rings. The smallest absolute Gasteiger partial charge is 0.225 e. The molecule has 2 aliphatic rings. The lowest BCUT2D eigenvalue weighted by Gasteiger charge is -2.48. The van der Waals surface area contributed by atoms with Gasteiger partial charge in [-0.3, -0.25) is 9.80 Å². The van der Waals surface area contributed by atoms with E-state index < -0.39 is 0 Å². The van der Waals surface area contributed by atoms with Crippen molar-refractivity contribution in [3.05, 3.63) is 16.9 Å². The molecule has 3 rings (SSSR count). The van der Waals surface area contributed by atoms with E-state index in [1.165, 1.54) is 26.2 Å². The Morgan fingerprint density at radius 3 is 2.25 bits per heavy atom. The Morgan fingerprint density at radius 1 is 1.10 bits per heavy atom. The first-order valence-electron chi connectivity index (χ1n) is 7.34. The van der Waals surface area contributed by atoms with Crippen molar-refractivity contribution in [3.8, 4) is 0 Å². The molecular weight excluding hydrogens is 318 g/mol. The van der Waals surface area contributed by atoms with Crippen molar-refractivity contribution >= 4 is 21.9 Å². The minimum absolute atomic E-state index is 0.672. The van der Waals surface area contributed by atoms with Crippen LogP contribution in [-0.2, 0) is 0 Å². The van der Waals surface area contributed by atoms with Gasteiger partial charge in [0.2, 0.25) is 5.95 Å². The molecule has 0 atom stereocenters. The summed E-state index contributed by atoms with van der Waals surface area (Å²) in [5.74, 6) is 0.852. The van der Waals surface area contributed by atoms with Crippen LogP contribution in [0.15, 0.2) is 16.9 Å². The van der Waals surface area contributed by atoms with E-state index >= 15 is 0 Å². The minimum Gasteiger partial charge on any atom is -0.338 e. The van der Waals surface area contributed by atoms with Gasteiger partial charge in [-0.15, -0.1) is 0 Å². The Hall–Kier alpha value is -0.720. The largest absolute Gasteiger partial charge is 0.338 e. The summed E-state index contributed by atoms with van der Waals surface area (Å²) >= 11 is 3.37. The third kappa shape index (κ3) is 2.97. The summed E-state index contributed by atoms with van der Waals surface area (Å²) in [7, 11) is 0. The van der Waals surface area contributed by atoms with Gasteiger partial charge in [0.15, 0.2) is 0 Å². The van der Waals surface area contributed by atoms with E-state index in [1.54, 1.807) is 0 Å². The SMILES string of the molecule is CC(C)N1CCN(C2CN(c3ncc(Br)cn3)C2)CC1. The molecule has 20 heavy (non-hydrogen) atoms. The molecule has 0 unspecified atom stereocenters. The number of aromatic nitrogens is 2. The van der Waals surface area contributed by atoms with Gasteiger partial charge in [-0.1, -0.05) is 0 Å². The van der Waals surface area contributed by atoms with Crippen LogP contribution in [-0.4, -0.2) is 71.1 Å². The maximum absolute atomic E-state index is 4.36. The first-order valence-corrected chi connectivity index (χ1v) is 8.13. The Labute approximate surface area is 129 Å². The van der Waals surface area contributed by atoms with Crippen molar-refractivity contribution in [2.24, 2.45) is 0 Å². The van der Waals surface area contributed by atoms with E-state index in [4.69, 9.17) is 0 Å². The normalized spacial score (nSPS) is 22.3. The molecule has 0 bridgehead atoms. The molecule has 110 valence electrons. The highest BCUT2D eigenvalue weighted by atomic mass is 79.9. The van der Waals surface area contributed by atoms with Crippen LogP contribution in [0.25, 0.3) is 0 Å². The van der Waals surface area contributed by atoms with Gasteiger partial charge in [-0.2, -0.15) is 0 Å². The predicted molar refractivity (Wildman–Crippen MR) is 84.0 cm³/mol. The molecular formula is C14H22BrN5. The topological polar surface area (TPSA) is 35.5 Å². The Balaban J connectivity index is 1.48. The zero-order valence-corrected chi connectivity index (χ0v) is 13.8. The second-order valence-corrected chi connectivity index (χ2v) is 6.84. The van der Waals surface area contributed by atoms with Crippen LogP contribution in [0.3, 0.4) is 0 Å². The van der Waals surface area contributed by atoms with Crippen molar-refractivity contribution in [3.63, 3.8) is 0 Å². The molecule has 0 aromatic carbocycles. The van der Waals surface area contributed by atoms with Crippen molar-refractivity contribution in [1.82, 2.24) is 19.8 Å². The van der Waals surface area contributed by atoms with Crippen molar-refractivity contribution in [2.45, 2.75) is 25.9 Å². The summed E-state index contributed by atoms with van der Waals surface area (Å²) in [6.45, 7) is 11.5. The van der Waals surface area contributed by atoms with E-state index in [0.29, 0.717) is 12.1 Å². The number of hydrogen-bond donors (Lipinski definition) is 0. The highest BCUT2D eigenvalue weighted by molar-refractivity contribution is 9.10. The molecule has 0 amide bonds. The second-order valence-electron chi connectivity index (χ2n) is 5.93. The quantitative estimate of drug-likeness (QED) is 0.832. The average molecular weight is 340 g/mol. The minimum atomic E-state index is 0.672. The lowest BCUT2D eigenvalue weighted by atomic mass is 10.1. The summed E-state index contributed by atoms with van der Waals surface area (Å²) in [5, 5.41) is 0. The lowest BCUT2D eigenvalue weighted by Crippen LogP contribution is -2.63. The first kappa shape index (κ1) is 14.2. The maximum atomic E-state index is 4.36. The average Bonchev–Trinajstić information content (AvgIpc) is 2.40. The van der Waals surface area contributed by atoms with Crippen LogP contribution < -0.4 is 4.90 Å². The van der Waals surface area contributed by atoms with Gasteiger partial charge in [0.1, 0.15) is 0 Å². The third-order valence-corrected chi connectivity index (χ3v) is 4.76. The van der Waals surface area contributed by atoms with Crippen molar-refractivity contribution in [2.75, 3.05) is 44.2 Å². The molecule has 0 aliphatic carbocycles. The van der Waals surface area contributed by atoms with Crippen LogP contribution in [0.2, 0.25) is 0 Å². The molecule has 2 aliphatic heterocycles. The van der Waals surface area contributed by atoms with Gasteiger partial charge < -0.3 is 4.90 Å². The van der Waals surface area contributed by atoms with Crippen molar-refractivity contribution in [1.29, 1.82) is 0 Å². The van der Waals surface area contributed by atoms with Gasteiger partial charge in [0.25, 0.3) is 0 Å². The highest BCUT2D eigenvalue weighted by Crippen LogP contribution is 2.22. The fourth-order valence-electron chi connectivity index (χ4n) is 2.94.